The number of rotatable bonds is 13. The molecule has 0 unspecified atom stereocenters. The van der Waals surface area contributed by atoms with Crippen molar-refractivity contribution >= 4 is 101 Å². The molecule has 9 heterocycles. The fraction of sp³-hybridized carbons (Fsp3) is 0.350. The zero-order chi connectivity index (χ0) is 51.8. The lowest BCUT2D eigenvalue weighted by molar-refractivity contribution is -0.224. The van der Waals surface area contributed by atoms with E-state index in [1.165, 1.54) is 14.3 Å². The average Bonchev–Trinajstić information content (AvgIpc) is 4.20. The molecule has 0 N–H and O–H groups in total. The molecule has 0 radical (unpaired) electrons. The predicted molar refractivity (Wildman–Crippen MR) is 314 cm³/mol. The summed E-state index contributed by atoms with van der Waals surface area (Å²) < 4.78 is 52.5. The number of pyridine rings is 1. The molecule has 0 aliphatic carbocycles. The fourth-order valence-corrected chi connectivity index (χ4v) is 16.2. The third-order valence-electron chi connectivity index (χ3n) is 13.1. The monoisotopic (exact) mass is 1120 g/mol. The maximum Gasteiger partial charge on any atom is 0.193 e. The second-order valence-electron chi connectivity index (χ2n) is 20.5. The van der Waals surface area contributed by atoms with Gasteiger partial charge in [-0.2, -0.15) is 0 Å². The zero-order valence-electron chi connectivity index (χ0n) is 43.2. The van der Waals surface area contributed by atoms with Crippen LogP contribution in [-0.4, -0.2) is 57.8 Å². The SMILES string of the molecule is C=Cc1c(/C=C\C/C2=C(/CC)OCCCO/C=C(\C(=C)Sc3cc(C4OCC(C)(C)CO4)sc3C)S2)nc2ccc(-c3sc(-c4cc5sc(C6OCC(C)(C)CO6)cc5s4)c4c3OCCO4)cc2c1-c1ccccc1. The van der Waals surface area contributed by atoms with Crippen LogP contribution >= 0.6 is 68.9 Å². The van der Waals surface area contributed by atoms with Gasteiger partial charge in [-0.15, -0.1) is 45.3 Å². The van der Waals surface area contributed by atoms with E-state index < -0.39 is 0 Å². The highest BCUT2D eigenvalue weighted by Crippen LogP contribution is 2.57. The molecule has 0 atom stereocenters. The summed E-state index contributed by atoms with van der Waals surface area (Å²) in [7, 11) is 0. The van der Waals surface area contributed by atoms with Crippen molar-refractivity contribution in [3.8, 4) is 42.8 Å². The molecule has 0 saturated carbocycles. The molecule has 75 heavy (non-hydrogen) atoms. The molecular formula is C60H61NO8S6. The van der Waals surface area contributed by atoms with Crippen molar-refractivity contribution in [1.29, 1.82) is 0 Å². The van der Waals surface area contributed by atoms with Crippen LogP contribution in [0.3, 0.4) is 0 Å². The Hall–Kier alpha value is -4.65. The molecular weight excluding hydrogens is 1060 g/mol. The first-order valence-electron chi connectivity index (χ1n) is 25.4. The molecule has 0 bridgehead atoms. The number of nitrogens with zero attached hydrogens (tertiary/aromatic N) is 1. The van der Waals surface area contributed by atoms with Gasteiger partial charge in [0.05, 0.1) is 86.4 Å². The third-order valence-corrected chi connectivity index (χ3v) is 20.5. The van der Waals surface area contributed by atoms with E-state index >= 15 is 0 Å². The Labute approximate surface area is 464 Å². The van der Waals surface area contributed by atoms with E-state index in [2.05, 4.69) is 134 Å². The van der Waals surface area contributed by atoms with Gasteiger partial charge in [0.2, 0.25) is 0 Å². The number of thioether (sulfide) groups is 2. The van der Waals surface area contributed by atoms with Gasteiger partial charge >= 0.3 is 0 Å². The molecule has 15 heteroatoms. The van der Waals surface area contributed by atoms with Crippen LogP contribution in [0.4, 0.5) is 0 Å². The molecule has 5 aromatic heterocycles. The molecule has 390 valence electrons. The topological polar surface area (TPSA) is 86.7 Å². The number of fused-ring (bicyclic) bond motifs is 3. The lowest BCUT2D eigenvalue weighted by Crippen LogP contribution is -2.33. The second kappa shape index (κ2) is 22.4. The van der Waals surface area contributed by atoms with Crippen molar-refractivity contribution < 1.29 is 37.9 Å². The zero-order valence-corrected chi connectivity index (χ0v) is 48.1. The van der Waals surface area contributed by atoms with Gasteiger partial charge in [0.1, 0.15) is 19.0 Å². The minimum atomic E-state index is -0.353. The van der Waals surface area contributed by atoms with Crippen LogP contribution in [0.1, 0.15) is 92.4 Å². The predicted octanol–water partition coefficient (Wildman–Crippen LogP) is 17.8. The van der Waals surface area contributed by atoms with Crippen molar-refractivity contribution in [1.82, 2.24) is 4.98 Å². The number of hydrogen-bond donors (Lipinski definition) is 0. The molecule has 2 fully saturated rings. The van der Waals surface area contributed by atoms with E-state index in [9.17, 15) is 0 Å². The summed E-state index contributed by atoms with van der Waals surface area (Å²) in [5.74, 6) is 2.56. The van der Waals surface area contributed by atoms with Crippen LogP contribution in [0, 0.1) is 17.8 Å². The van der Waals surface area contributed by atoms with Crippen molar-refractivity contribution in [3.05, 3.63) is 139 Å². The minimum Gasteiger partial charge on any atom is -0.500 e. The van der Waals surface area contributed by atoms with E-state index in [4.69, 9.17) is 42.9 Å². The Balaban J connectivity index is 0.884. The van der Waals surface area contributed by atoms with Crippen LogP contribution in [0.5, 0.6) is 11.5 Å². The lowest BCUT2D eigenvalue weighted by Gasteiger charge is -2.34. The highest BCUT2D eigenvalue weighted by molar-refractivity contribution is 8.10. The maximum absolute atomic E-state index is 6.47. The molecule has 9 nitrogen and oxygen atoms in total. The van der Waals surface area contributed by atoms with Crippen LogP contribution in [0.25, 0.3) is 63.8 Å². The third kappa shape index (κ3) is 11.4. The van der Waals surface area contributed by atoms with Gasteiger partial charge in [-0.3, -0.25) is 0 Å². The van der Waals surface area contributed by atoms with Crippen molar-refractivity contribution in [3.63, 3.8) is 0 Å². The first kappa shape index (κ1) is 52.4. The summed E-state index contributed by atoms with van der Waals surface area (Å²) in [6, 6.07) is 23.8. The van der Waals surface area contributed by atoms with Crippen LogP contribution in [-0.2, 0) is 28.4 Å². The summed E-state index contributed by atoms with van der Waals surface area (Å²) in [6.45, 7) is 26.7. The summed E-state index contributed by atoms with van der Waals surface area (Å²) in [5, 5.41) is 1.03. The highest BCUT2D eigenvalue weighted by atomic mass is 32.2. The standard InChI is InChI=1S/C60H61NO8S6/c1-9-39-41(18-14-19-44-43(10-2)63-23-15-22-62-30-51(72-44)36(4)70-45-27-49(71-35(45)3)57-66-31-59(5,6)32-67-57)61-42-21-20-38(26-40(42)52(39)37-16-12-11-13-17-37)55-53-54(65-25-24-64-53)56(75-55)48-28-46-47(73-48)29-50(74-46)58-68-33-60(7,8)34-69-58/h9,11-14,16-18,20-21,26-30,57-58H,1,4,10,15,19,22-25,31-34H2,2-3,5-8H3/b18-14-,44-43+,51-30+. The number of allylic oxidation sites excluding steroid dienone is 3. The van der Waals surface area contributed by atoms with Gasteiger partial charge in [-0.05, 0) is 54.5 Å². The molecule has 2 aromatic carbocycles. The minimum absolute atomic E-state index is 0.00419. The molecule has 4 aliphatic rings. The van der Waals surface area contributed by atoms with Gasteiger partial charge in [0, 0.05) is 75.6 Å². The Morgan fingerprint density at radius 3 is 2.15 bits per heavy atom. The van der Waals surface area contributed by atoms with Crippen LogP contribution < -0.4 is 9.47 Å². The second-order valence-corrected chi connectivity index (χ2v) is 27.3. The van der Waals surface area contributed by atoms with Gasteiger partial charge < -0.3 is 37.9 Å². The van der Waals surface area contributed by atoms with Gasteiger partial charge in [-0.25, -0.2) is 4.98 Å². The smallest absolute Gasteiger partial charge is 0.193 e. The molecule has 4 aliphatic heterocycles. The maximum atomic E-state index is 6.47. The first-order chi connectivity index (χ1) is 36.3. The lowest BCUT2D eigenvalue weighted by atomic mass is 9.92. The summed E-state index contributed by atoms with van der Waals surface area (Å²) in [6.07, 6.45) is 9.60. The van der Waals surface area contributed by atoms with Gasteiger partial charge in [0.15, 0.2) is 24.1 Å². The number of thiophene rings is 4. The quantitative estimate of drug-likeness (QED) is 0.103. The highest BCUT2D eigenvalue weighted by Gasteiger charge is 2.33. The van der Waals surface area contributed by atoms with Gasteiger partial charge in [-0.1, -0.05) is 120 Å². The van der Waals surface area contributed by atoms with Crippen molar-refractivity contribution in [2.45, 2.75) is 78.3 Å². The largest absolute Gasteiger partial charge is 0.500 e. The van der Waals surface area contributed by atoms with Crippen LogP contribution in [0.2, 0.25) is 0 Å². The van der Waals surface area contributed by atoms with E-state index in [0.717, 1.165) is 113 Å². The van der Waals surface area contributed by atoms with Crippen molar-refractivity contribution in [2.75, 3.05) is 52.9 Å². The van der Waals surface area contributed by atoms with E-state index in [1.54, 1.807) is 68.9 Å². The summed E-state index contributed by atoms with van der Waals surface area (Å²) in [4.78, 5) is 16.1. The van der Waals surface area contributed by atoms with Crippen molar-refractivity contribution in [2.24, 2.45) is 10.8 Å². The Bertz CT molecular complexity index is 3320. The molecule has 0 spiro atoms. The number of benzene rings is 2. The normalized spacial score (nSPS) is 20.2. The van der Waals surface area contributed by atoms with E-state index in [0.29, 0.717) is 59.3 Å². The Kier molecular flexibility index (Phi) is 15.6. The molecule has 0 amide bonds. The fourth-order valence-electron chi connectivity index (χ4n) is 9.30. The summed E-state index contributed by atoms with van der Waals surface area (Å²) >= 11 is 10.2. The number of hydrogen-bond acceptors (Lipinski definition) is 15. The number of ether oxygens (including phenoxy) is 8. The number of aryl methyl sites for hydroxylation is 1. The van der Waals surface area contributed by atoms with Gasteiger partial charge in [0.25, 0.3) is 0 Å². The Morgan fingerprint density at radius 1 is 0.760 bits per heavy atom. The van der Waals surface area contributed by atoms with E-state index in [-0.39, 0.29) is 23.4 Å². The Morgan fingerprint density at radius 2 is 1.45 bits per heavy atom. The number of aromatic nitrogens is 1. The average molecular weight is 1120 g/mol. The summed E-state index contributed by atoms with van der Waals surface area (Å²) in [5.41, 5.74) is 5.89. The van der Waals surface area contributed by atoms with E-state index in [1.807, 2.05) is 12.3 Å². The molecule has 2 saturated heterocycles. The molecule has 7 aromatic rings. The van der Waals surface area contributed by atoms with Crippen LogP contribution in [0.15, 0.2) is 118 Å². The molecule has 11 rings (SSSR count). The first-order valence-corrected chi connectivity index (χ1v) is 30.3.